The number of halogens is 1. The van der Waals surface area contributed by atoms with Crippen molar-refractivity contribution < 1.29 is 4.39 Å². The first-order valence-corrected chi connectivity index (χ1v) is 6.84. The Bertz CT molecular complexity index is 315. The zero-order valence-corrected chi connectivity index (χ0v) is 11.0. The molecule has 0 heterocycles. The van der Waals surface area contributed by atoms with Crippen LogP contribution in [0.1, 0.15) is 20.8 Å². The molecule has 0 fully saturated rings. The Hall–Kier alpha value is -0.700. The predicted octanol–water partition coefficient (Wildman–Crippen LogP) is 4.02. The van der Waals surface area contributed by atoms with Gasteiger partial charge in [-0.15, -0.1) is 0 Å². The third-order valence-corrected chi connectivity index (χ3v) is 3.73. The van der Waals surface area contributed by atoms with Crippen molar-refractivity contribution in [2.45, 2.75) is 26.8 Å². The summed E-state index contributed by atoms with van der Waals surface area (Å²) in [6.45, 7) is 6.50. The molecule has 0 bridgehead atoms. The third kappa shape index (κ3) is 4.88. The first-order chi connectivity index (χ1) is 7.59. The van der Waals surface area contributed by atoms with Gasteiger partial charge in [0.05, 0.1) is 5.69 Å². The molecule has 1 rings (SSSR count). The number of anilines is 1. The molecule has 0 amide bonds. The summed E-state index contributed by atoms with van der Waals surface area (Å²) in [5.74, 6) is 2.70. The van der Waals surface area contributed by atoms with Gasteiger partial charge in [0.25, 0.3) is 0 Å². The van der Waals surface area contributed by atoms with Gasteiger partial charge in [0.15, 0.2) is 0 Å². The van der Waals surface area contributed by atoms with Gasteiger partial charge < -0.3 is 5.32 Å². The molecule has 1 unspecified atom stereocenters. The van der Waals surface area contributed by atoms with Crippen LogP contribution in [-0.4, -0.2) is 17.5 Å². The lowest BCUT2D eigenvalue weighted by molar-refractivity contribution is 0.628. The second-order valence-electron chi connectivity index (χ2n) is 4.46. The van der Waals surface area contributed by atoms with Gasteiger partial charge in [0.2, 0.25) is 0 Å². The van der Waals surface area contributed by atoms with E-state index < -0.39 is 0 Å². The van der Waals surface area contributed by atoms with Gasteiger partial charge in [0.1, 0.15) is 5.82 Å². The van der Waals surface area contributed by atoms with Crippen molar-refractivity contribution in [3.63, 3.8) is 0 Å². The average molecular weight is 241 g/mol. The van der Waals surface area contributed by atoms with Crippen LogP contribution in [0.4, 0.5) is 10.1 Å². The molecule has 1 N–H and O–H groups in total. The van der Waals surface area contributed by atoms with E-state index in [0.717, 1.165) is 11.5 Å². The van der Waals surface area contributed by atoms with Crippen LogP contribution in [0.2, 0.25) is 0 Å². The summed E-state index contributed by atoms with van der Waals surface area (Å²) >= 11 is 1.91. The van der Waals surface area contributed by atoms with Gasteiger partial charge in [-0.25, -0.2) is 4.39 Å². The van der Waals surface area contributed by atoms with E-state index in [1.807, 2.05) is 17.8 Å². The highest BCUT2D eigenvalue weighted by Crippen LogP contribution is 2.16. The fourth-order valence-corrected chi connectivity index (χ4v) is 2.41. The van der Waals surface area contributed by atoms with Gasteiger partial charge in [-0.3, -0.25) is 0 Å². The molecule has 1 nitrogen and oxygen atoms in total. The molecule has 3 heteroatoms. The fraction of sp³-hybridized carbons (Fsp3) is 0.538. The highest BCUT2D eigenvalue weighted by molar-refractivity contribution is 7.99. The van der Waals surface area contributed by atoms with Crippen molar-refractivity contribution in [2.75, 3.05) is 16.8 Å². The zero-order valence-electron chi connectivity index (χ0n) is 10.2. The summed E-state index contributed by atoms with van der Waals surface area (Å²) < 4.78 is 13.3. The van der Waals surface area contributed by atoms with Crippen LogP contribution in [-0.2, 0) is 0 Å². The van der Waals surface area contributed by atoms with Gasteiger partial charge in [0, 0.05) is 11.8 Å². The molecule has 1 aromatic rings. The Morgan fingerprint density at radius 3 is 2.50 bits per heavy atom. The molecular formula is C13H20FNS. The summed E-state index contributed by atoms with van der Waals surface area (Å²) in [7, 11) is 0. The van der Waals surface area contributed by atoms with Crippen LogP contribution < -0.4 is 5.32 Å². The Labute approximate surface area is 102 Å². The Balaban J connectivity index is 2.34. The van der Waals surface area contributed by atoms with E-state index in [4.69, 9.17) is 0 Å². The first kappa shape index (κ1) is 13.4. The molecule has 0 aliphatic carbocycles. The van der Waals surface area contributed by atoms with Crippen molar-refractivity contribution in [3.05, 3.63) is 30.1 Å². The van der Waals surface area contributed by atoms with E-state index >= 15 is 0 Å². The molecule has 16 heavy (non-hydrogen) atoms. The SMILES string of the molecule is CC(C)CSCC(C)Nc1ccccc1F. The summed E-state index contributed by atoms with van der Waals surface area (Å²) in [4.78, 5) is 0. The minimum Gasteiger partial charge on any atom is -0.379 e. The fourth-order valence-electron chi connectivity index (χ4n) is 1.37. The van der Waals surface area contributed by atoms with Crippen LogP contribution in [0.3, 0.4) is 0 Å². The van der Waals surface area contributed by atoms with E-state index in [1.165, 1.54) is 6.07 Å². The Morgan fingerprint density at radius 1 is 1.19 bits per heavy atom. The molecule has 0 saturated carbocycles. The quantitative estimate of drug-likeness (QED) is 0.807. The Morgan fingerprint density at radius 2 is 1.88 bits per heavy atom. The van der Waals surface area contributed by atoms with Crippen LogP contribution in [0.25, 0.3) is 0 Å². The maximum atomic E-state index is 13.3. The maximum Gasteiger partial charge on any atom is 0.146 e. The lowest BCUT2D eigenvalue weighted by Gasteiger charge is -2.15. The number of rotatable bonds is 6. The van der Waals surface area contributed by atoms with Crippen molar-refractivity contribution in [3.8, 4) is 0 Å². The highest BCUT2D eigenvalue weighted by Gasteiger charge is 2.06. The normalized spacial score (nSPS) is 12.8. The number of hydrogen-bond acceptors (Lipinski definition) is 2. The van der Waals surface area contributed by atoms with Crippen LogP contribution in [0.5, 0.6) is 0 Å². The van der Waals surface area contributed by atoms with Crippen LogP contribution >= 0.6 is 11.8 Å². The summed E-state index contributed by atoms with van der Waals surface area (Å²) in [5, 5.41) is 3.19. The zero-order chi connectivity index (χ0) is 12.0. The smallest absolute Gasteiger partial charge is 0.146 e. The number of thioether (sulfide) groups is 1. The minimum absolute atomic E-state index is 0.178. The van der Waals surface area contributed by atoms with Gasteiger partial charge in [-0.05, 0) is 30.7 Å². The molecule has 1 aromatic carbocycles. The predicted molar refractivity (Wildman–Crippen MR) is 71.6 cm³/mol. The number of nitrogens with one attached hydrogen (secondary N) is 1. The molecule has 1 atom stereocenters. The van der Waals surface area contributed by atoms with Crippen LogP contribution in [0.15, 0.2) is 24.3 Å². The van der Waals surface area contributed by atoms with Crippen molar-refractivity contribution in [1.29, 1.82) is 0 Å². The summed E-state index contributed by atoms with van der Waals surface area (Å²) in [6.07, 6.45) is 0. The van der Waals surface area contributed by atoms with Gasteiger partial charge in [-0.2, -0.15) is 11.8 Å². The molecule has 0 saturated heterocycles. The maximum absolute atomic E-state index is 13.3. The van der Waals surface area contributed by atoms with Gasteiger partial charge >= 0.3 is 0 Å². The van der Waals surface area contributed by atoms with Crippen molar-refractivity contribution in [2.24, 2.45) is 5.92 Å². The molecule has 0 radical (unpaired) electrons. The average Bonchev–Trinajstić information content (AvgIpc) is 2.21. The van der Waals surface area contributed by atoms with E-state index in [-0.39, 0.29) is 5.82 Å². The largest absolute Gasteiger partial charge is 0.379 e. The third-order valence-electron chi connectivity index (χ3n) is 2.09. The number of para-hydroxylation sites is 1. The standard InChI is InChI=1S/C13H20FNS/c1-10(2)8-16-9-11(3)15-13-7-5-4-6-12(13)14/h4-7,10-11,15H,8-9H2,1-3H3. The van der Waals surface area contributed by atoms with Crippen LogP contribution in [0, 0.1) is 11.7 Å². The Kier molecular flexibility index (Phi) is 5.67. The molecule has 90 valence electrons. The summed E-state index contributed by atoms with van der Waals surface area (Å²) in [6, 6.07) is 7.11. The lowest BCUT2D eigenvalue weighted by Crippen LogP contribution is -2.19. The first-order valence-electron chi connectivity index (χ1n) is 5.68. The highest BCUT2D eigenvalue weighted by atomic mass is 32.2. The van der Waals surface area contributed by atoms with E-state index in [9.17, 15) is 4.39 Å². The van der Waals surface area contributed by atoms with Gasteiger partial charge in [-0.1, -0.05) is 26.0 Å². The van der Waals surface area contributed by atoms with E-state index in [2.05, 4.69) is 26.1 Å². The molecule has 0 aromatic heterocycles. The van der Waals surface area contributed by atoms with Crippen molar-refractivity contribution in [1.82, 2.24) is 0 Å². The molecular weight excluding hydrogens is 221 g/mol. The summed E-state index contributed by atoms with van der Waals surface area (Å²) in [5.41, 5.74) is 0.597. The molecule has 0 aliphatic heterocycles. The second kappa shape index (κ2) is 6.79. The molecule has 0 aliphatic rings. The van der Waals surface area contributed by atoms with E-state index in [1.54, 1.807) is 12.1 Å². The number of hydrogen-bond donors (Lipinski definition) is 1. The van der Waals surface area contributed by atoms with E-state index in [0.29, 0.717) is 17.6 Å². The van der Waals surface area contributed by atoms with Crippen molar-refractivity contribution >= 4 is 17.4 Å². The topological polar surface area (TPSA) is 12.0 Å². The second-order valence-corrected chi connectivity index (χ2v) is 5.53. The monoisotopic (exact) mass is 241 g/mol. The lowest BCUT2D eigenvalue weighted by atomic mass is 10.3. The molecule has 0 spiro atoms. The number of benzene rings is 1. The minimum atomic E-state index is -0.178.